The van der Waals surface area contributed by atoms with Gasteiger partial charge in [0.15, 0.2) is 0 Å². The average Bonchev–Trinajstić information content (AvgIpc) is 2.84. The zero-order valence-corrected chi connectivity index (χ0v) is 16.1. The van der Waals surface area contributed by atoms with Crippen molar-refractivity contribution in [2.45, 2.75) is 39.3 Å². The van der Waals surface area contributed by atoms with Gasteiger partial charge in [-0.3, -0.25) is 9.69 Å². The van der Waals surface area contributed by atoms with E-state index in [2.05, 4.69) is 15.0 Å². The lowest BCUT2D eigenvalue weighted by atomic mass is 9.93. The van der Waals surface area contributed by atoms with E-state index in [4.69, 9.17) is 9.26 Å². The molecule has 0 saturated carbocycles. The highest BCUT2D eigenvalue weighted by Gasteiger charge is 2.40. The zero-order valence-electron chi connectivity index (χ0n) is 16.1. The number of hydrogen-bond donors (Lipinski definition) is 0. The first-order valence-electron chi connectivity index (χ1n) is 9.74. The molecule has 1 aromatic carbocycles. The third kappa shape index (κ3) is 3.86. The first-order chi connectivity index (χ1) is 13.1. The van der Waals surface area contributed by atoms with Crippen LogP contribution in [0.15, 0.2) is 34.9 Å². The molecule has 3 aliphatic heterocycles. The highest BCUT2D eigenvalue weighted by molar-refractivity contribution is 5.80. The van der Waals surface area contributed by atoms with E-state index < -0.39 is 0 Å². The Hall–Kier alpha value is -2.34. The second-order valence-electron chi connectivity index (χ2n) is 7.62. The Morgan fingerprint density at radius 2 is 2.00 bits per heavy atom. The van der Waals surface area contributed by atoms with E-state index in [-0.39, 0.29) is 17.9 Å². The summed E-state index contributed by atoms with van der Waals surface area (Å²) in [6, 6.07) is 10.1. The van der Waals surface area contributed by atoms with Gasteiger partial charge in [0.1, 0.15) is 18.1 Å². The van der Waals surface area contributed by atoms with Crippen LogP contribution in [0.1, 0.15) is 29.9 Å². The number of aromatic nitrogens is 1. The fourth-order valence-electron chi connectivity index (χ4n) is 4.23. The fourth-order valence-corrected chi connectivity index (χ4v) is 4.23. The van der Waals surface area contributed by atoms with Crippen LogP contribution in [-0.2, 0) is 11.3 Å². The number of benzene rings is 1. The Balaban J connectivity index is 1.39. The molecule has 2 bridgehead atoms. The number of amides is 1. The summed E-state index contributed by atoms with van der Waals surface area (Å²) in [5.41, 5.74) is 1.93. The van der Waals surface area contributed by atoms with E-state index in [1.54, 1.807) is 0 Å². The van der Waals surface area contributed by atoms with Crippen molar-refractivity contribution >= 4 is 5.91 Å². The average molecular weight is 369 g/mol. The molecule has 3 aliphatic rings. The van der Waals surface area contributed by atoms with Crippen LogP contribution in [0.5, 0.6) is 5.75 Å². The molecule has 1 aromatic heterocycles. The molecule has 3 fully saturated rings. The summed E-state index contributed by atoms with van der Waals surface area (Å²) in [5.74, 6) is 2.07. The van der Waals surface area contributed by atoms with Gasteiger partial charge < -0.3 is 14.2 Å². The summed E-state index contributed by atoms with van der Waals surface area (Å²) in [6.07, 6.45) is 2.05. The Morgan fingerprint density at radius 3 is 2.74 bits per heavy atom. The Bertz CT molecular complexity index is 770. The van der Waals surface area contributed by atoms with Crippen LogP contribution >= 0.6 is 0 Å². The van der Waals surface area contributed by atoms with Crippen molar-refractivity contribution in [2.75, 3.05) is 26.2 Å². The van der Waals surface area contributed by atoms with Crippen LogP contribution in [-0.4, -0.2) is 53.1 Å². The lowest BCUT2D eigenvalue weighted by Crippen LogP contribution is -2.47. The predicted octanol–water partition coefficient (Wildman–Crippen LogP) is 2.79. The van der Waals surface area contributed by atoms with E-state index in [1.165, 1.54) is 0 Å². The van der Waals surface area contributed by atoms with Crippen LogP contribution in [0.3, 0.4) is 0 Å². The van der Waals surface area contributed by atoms with Crippen molar-refractivity contribution < 1.29 is 14.1 Å². The molecular weight excluding hydrogens is 342 g/mol. The smallest absolute Gasteiger partial charge is 0.227 e. The van der Waals surface area contributed by atoms with Crippen LogP contribution in [0.2, 0.25) is 0 Å². The molecule has 144 valence electrons. The number of fused-ring (bicyclic) bond motifs is 4. The quantitative estimate of drug-likeness (QED) is 0.784. The van der Waals surface area contributed by atoms with Gasteiger partial charge in [0.2, 0.25) is 5.91 Å². The standard InChI is InChI=1S/C21H27N3O3/c1-15-20(16(2)27-22-15)14-24-18-9-8-17(21(24)25)12-23(13-18)10-11-26-19-6-4-3-5-7-19/h3-7,17-18H,8-14H2,1-2H3/t17-,18+/m0/s1. The molecule has 1 amide bonds. The maximum absolute atomic E-state index is 13.0. The third-order valence-electron chi connectivity index (χ3n) is 5.80. The van der Waals surface area contributed by atoms with E-state index in [0.29, 0.717) is 13.2 Å². The molecule has 3 saturated heterocycles. The minimum absolute atomic E-state index is 0.0842. The third-order valence-corrected chi connectivity index (χ3v) is 5.80. The van der Waals surface area contributed by atoms with Crippen LogP contribution in [0.25, 0.3) is 0 Å². The van der Waals surface area contributed by atoms with Crippen molar-refractivity contribution in [1.29, 1.82) is 0 Å². The van der Waals surface area contributed by atoms with Crippen LogP contribution in [0, 0.1) is 19.8 Å². The van der Waals surface area contributed by atoms with Gasteiger partial charge in [-0.2, -0.15) is 0 Å². The van der Waals surface area contributed by atoms with E-state index in [0.717, 1.165) is 55.2 Å². The highest BCUT2D eigenvalue weighted by Crippen LogP contribution is 2.31. The molecular formula is C21H27N3O3. The van der Waals surface area contributed by atoms with Gasteiger partial charge in [-0.25, -0.2) is 0 Å². The largest absolute Gasteiger partial charge is 0.492 e. The number of rotatable bonds is 6. The molecule has 0 radical (unpaired) electrons. The summed E-state index contributed by atoms with van der Waals surface area (Å²) < 4.78 is 11.1. The van der Waals surface area contributed by atoms with E-state index >= 15 is 0 Å². The lowest BCUT2D eigenvalue weighted by Gasteiger charge is -2.36. The normalized spacial score (nSPS) is 22.9. The summed E-state index contributed by atoms with van der Waals surface area (Å²) in [4.78, 5) is 17.5. The van der Waals surface area contributed by atoms with Gasteiger partial charge in [0.05, 0.1) is 18.2 Å². The highest BCUT2D eigenvalue weighted by atomic mass is 16.5. The molecule has 6 nitrogen and oxygen atoms in total. The van der Waals surface area contributed by atoms with Gasteiger partial charge >= 0.3 is 0 Å². The molecule has 6 heteroatoms. The number of hydrogen-bond acceptors (Lipinski definition) is 5. The predicted molar refractivity (Wildman–Crippen MR) is 101 cm³/mol. The second kappa shape index (κ2) is 7.72. The molecule has 4 heterocycles. The van der Waals surface area contributed by atoms with Gasteiger partial charge in [0.25, 0.3) is 0 Å². The van der Waals surface area contributed by atoms with E-state index in [9.17, 15) is 4.79 Å². The number of para-hydroxylation sites is 1. The Kier molecular flexibility index (Phi) is 5.16. The minimum atomic E-state index is 0.0842. The molecule has 0 spiro atoms. The van der Waals surface area contributed by atoms with Gasteiger partial charge in [0, 0.05) is 31.2 Å². The number of nitrogens with zero attached hydrogens (tertiary/aromatic N) is 3. The molecule has 2 atom stereocenters. The van der Waals surface area contributed by atoms with Gasteiger partial charge in [-0.05, 0) is 38.8 Å². The van der Waals surface area contributed by atoms with Crippen molar-refractivity contribution in [3.8, 4) is 5.75 Å². The number of ether oxygens (including phenoxy) is 1. The second-order valence-corrected chi connectivity index (χ2v) is 7.62. The number of piperidine rings is 1. The monoisotopic (exact) mass is 369 g/mol. The summed E-state index contributed by atoms with van der Waals surface area (Å²) >= 11 is 0. The van der Waals surface area contributed by atoms with Crippen LogP contribution in [0.4, 0.5) is 0 Å². The minimum Gasteiger partial charge on any atom is -0.492 e. The summed E-state index contributed by atoms with van der Waals surface area (Å²) in [7, 11) is 0. The first-order valence-corrected chi connectivity index (χ1v) is 9.74. The van der Waals surface area contributed by atoms with Gasteiger partial charge in [-0.1, -0.05) is 23.4 Å². The maximum Gasteiger partial charge on any atom is 0.227 e. The fraction of sp³-hybridized carbons (Fsp3) is 0.524. The van der Waals surface area contributed by atoms with Crippen molar-refractivity contribution in [3.63, 3.8) is 0 Å². The summed E-state index contributed by atoms with van der Waals surface area (Å²) in [5, 5.41) is 4.04. The first kappa shape index (κ1) is 18.0. The van der Waals surface area contributed by atoms with Crippen molar-refractivity contribution in [1.82, 2.24) is 15.0 Å². The molecule has 2 aromatic rings. The van der Waals surface area contributed by atoms with Crippen molar-refractivity contribution in [3.05, 3.63) is 47.3 Å². The van der Waals surface area contributed by atoms with Crippen LogP contribution < -0.4 is 4.74 Å². The topological polar surface area (TPSA) is 58.8 Å². The maximum atomic E-state index is 13.0. The molecule has 0 unspecified atom stereocenters. The number of aryl methyl sites for hydroxylation is 2. The van der Waals surface area contributed by atoms with E-state index in [1.807, 2.05) is 44.2 Å². The Labute approximate surface area is 160 Å². The van der Waals surface area contributed by atoms with Crippen molar-refractivity contribution in [2.24, 2.45) is 5.92 Å². The summed E-state index contributed by atoms with van der Waals surface area (Å²) in [6.45, 7) is 7.68. The van der Waals surface area contributed by atoms with Gasteiger partial charge in [-0.15, -0.1) is 0 Å². The molecule has 27 heavy (non-hydrogen) atoms. The molecule has 5 rings (SSSR count). The molecule has 0 N–H and O–H groups in total. The SMILES string of the molecule is Cc1noc(C)c1CN1C(=O)[C@H]2CC[C@@H]1CN(CCOc1ccccc1)C2. The number of carbonyl (C=O) groups is 1. The Morgan fingerprint density at radius 1 is 1.19 bits per heavy atom. The zero-order chi connectivity index (χ0) is 18.8. The lowest BCUT2D eigenvalue weighted by molar-refractivity contribution is -0.140. The molecule has 0 aliphatic carbocycles. The number of carbonyl (C=O) groups excluding carboxylic acids is 1.